The normalized spacial score (nSPS) is 11.8. The van der Waals surface area contributed by atoms with E-state index < -0.39 is 21.7 Å². The van der Waals surface area contributed by atoms with E-state index >= 15 is 0 Å². The predicted molar refractivity (Wildman–Crippen MR) is 128 cm³/mol. The summed E-state index contributed by atoms with van der Waals surface area (Å²) in [5.41, 5.74) is 13.0. The molecule has 2 heterocycles. The lowest BCUT2D eigenvalue weighted by Gasteiger charge is -2.10. The summed E-state index contributed by atoms with van der Waals surface area (Å²) in [6.07, 6.45) is -0.0533. The molecule has 10 nitrogen and oxygen atoms in total. The molecule has 0 saturated heterocycles. The molecule has 0 bridgehead atoms. The summed E-state index contributed by atoms with van der Waals surface area (Å²) in [4.78, 5) is 8.51. The lowest BCUT2D eigenvalue weighted by Crippen LogP contribution is -2.19. The number of nitrogen functional groups attached to an aromatic ring is 2. The molecule has 0 aliphatic carbocycles. The third kappa shape index (κ3) is 5.15. The maximum Gasteiger partial charge on any atom is 0.209 e. The molecule has 2 aromatic carbocycles. The van der Waals surface area contributed by atoms with E-state index in [0.29, 0.717) is 16.6 Å². The third-order valence-electron chi connectivity index (χ3n) is 5.31. The fraction of sp³-hybridized carbons (Fsp3) is 0.227. The van der Waals surface area contributed by atoms with Crippen LogP contribution in [0.1, 0.15) is 18.1 Å². The van der Waals surface area contributed by atoms with Crippen LogP contribution in [0.25, 0.3) is 22.4 Å². The molecule has 4 aromatic rings. The molecule has 0 spiro atoms. The summed E-state index contributed by atoms with van der Waals surface area (Å²) in [5.74, 6) is -1.75. The van der Waals surface area contributed by atoms with Crippen molar-refractivity contribution in [2.24, 2.45) is 5.14 Å². The Morgan fingerprint density at radius 1 is 1.03 bits per heavy atom. The van der Waals surface area contributed by atoms with E-state index in [9.17, 15) is 17.2 Å². The van der Waals surface area contributed by atoms with Gasteiger partial charge in [-0.05, 0) is 19.4 Å². The number of halogens is 2. The summed E-state index contributed by atoms with van der Waals surface area (Å²) in [7, 11) is -3.74. The highest BCUT2D eigenvalue weighted by Crippen LogP contribution is 2.30. The highest BCUT2D eigenvalue weighted by molar-refractivity contribution is 7.89. The van der Waals surface area contributed by atoms with Crippen molar-refractivity contribution in [1.82, 2.24) is 19.7 Å². The van der Waals surface area contributed by atoms with E-state index in [2.05, 4.69) is 15.1 Å². The van der Waals surface area contributed by atoms with Crippen molar-refractivity contribution in [1.29, 1.82) is 0 Å². The Morgan fingerprint density at radius 2 is 1.66 bits per heavy atom. The molecule has 184 valence electrons. The van der Waals surface area contributed by atoms with Gasteiger partial charge in [-0.2, -0.15) is 5.10 Å². The number of nitrogens with two attached hydrogens (primary N) is 3. The van der Waals surface area contributed by atoms with Gasteiger partial charge in [0.2, 0.25) is 10.0 Å². The van der Waals surface area contributed by atoms with Gasteiger partial charge in [0.25, 0.3) is 0 Å². The van der Waals surface area contributed by atoms with Crippen LogP contribution < -0.4 is 21.3 Å². The van der Waals surface area contributed by atoms with E-state index in [-0.39, 0.29) is 59.7 Å². The standard InChI is InChI=1S/C22H23F2N7O3S/c1-2-34-12-9-16(23)15(17(24)10-12)11-31-18-6-4-3-5-13(18)19(30-31)22-28-20(25)14(21(26)29-22)7-8-35(27,32)33/h3-6,9-10H,2,7-8,11H2,1H3,(H2,27,32,33)(H4,25,26,28,29). The minimum Gasteiger partial charge on any atom is -0.494 e. The van der Waals surface area contributed by atoms with Gasteiger partial charge in [0.1, 0.15) is 34.7 Å². The van der Waals surface area contributed by atoms with Crippen molar-refractivity contribution in [2.45, 2.75) is 19.9 Å². The Kier molecular flexibility index (Phi) is 6.54. The van der Waals surface area contributed by atoms with Crippen LogP contribution in [0.3, 0.4) is 0 Å². The number of sulfonamides is 1. The summed E-state index contributed by atoms with van der Waals surface area (Å²) in [6.45, 7) is 1.79. The SMILES string of the molecule is CCOc1cc(F)c(Cn2nc(-c3nc(N)c(CCS(N)(=O)=O)c(N)n3)c3ccccc32)c(F)c1. The van der Waals surface area contributed by atoms with Gasteiger partial charge in [0.05, 0.1) is 24.4 Å². The minimum absolute atomic E-state index is 0.0154. The second kappa shape index (κ2) is 9.43. The Bertz CT molecular complexity index is 1480. The molecule has 6 N–H and O–H groups in total. The smallest absolute Gasteiger partial charge is 0.209 e. The van der Waals surface area contributed by atoms with E-state index in [0.717, 1.165) is 12.1 Å². The molecule has 4 rings (SSSR count). The molecule has 0 aliphatic rings. The molecule has 2 aromatic heterocycles. The van der Waals surface area contributed by atoms with E-state index in [1.807, 2.05) is 0 Å². The van der Waals surface area contributed by atoms with Crippen molar-refractivity contribution in [3.8, 4) is 17.3 Å². The fourth-order valence-corrected chi connectivity index (χ4v) is 4.16. The number of primary sulfonamides is 1. The van der Waals surface area contributed by atoms with Gasteiger partial charge in [-0.15, -0.1) is 0 Å². The maximum absolute atomic E-state index is 14.7. The topological polar surface area (TPSA) is 165 Å². The van der Waals surface area contributed by atoms with Crippen LogP contribution >= 0.6 is 0 Å². The number of nitrogens with zero attached hydrogens (tertiary/aromatic N) is 4. The van der Waals surface area contributed by atoms with Gasteiger partial charge in [0.15, 0.2) is 5.82 Å². The molecule has 0 amide bonds. The monoisotopic (exact) mass is 503 g/mol. The lowest BCUT2D eigenvalue weighted by atomic mass is 10.1. The zero-order valence-corrected chi connectivity index (χ0v) is 19.5. The number of hydrogen-bond acceptors (Lipinski definition) is 8. The Hall–Kier alpha value is -3.84. The molecule has 0 atom stereocenters. The lowest BCUT2D eigenvalue weighted by molar-refractivity contribution is 0.335. The molecular weight excluding hydrogens is 480 g/mol. The Morgan fingerprint density at radius 3 is 2.26 bits per heavy atom. The summed E-state index contributed by atoms with van der Waals surface area (Å²) in [5, 5.41) is 10.2. The number of ether oxygens (including phenoxy) is 1. The quantitative estimate of drug-likeness (QED) is 0.329. The number of anilines is 2. The molecule has 0 aliphatic heterocycles. The number of fused-ring (bicyclic) bond motifs is 1. The predicted octanol–water partition coefficient (Wildman–Crippen LogP) is 2.21. The van der Waals surface area contributed by atoms with Gasteiger partial charge in [-0.25, -0.2) is 32.3 Å². The fourth-order valence-electron chi connectivity index (χ4n) is 3.67. The van der Waals surface area contributed by atoms with Crippen LogP contribution in [-0.2, 0) is 23.0 Å². The number of hydrogen-bond donors (Lipinski definition) is 3. The second-order valence-electron chi connectivity index (χ2n) is 7.74. The molecule has 35 heavy (non-hydrogen) atoms. The highest BCUT2D eigenvalue weighted by Gasteiger charge is 2.21. The summed E-state index contributed by atoms with van der Waals surface area (Å²) in [6, 6.07) is 9.27. The number of para-hydroxylation sites is 1. The molecule has 0 fully saturated rings. The summed E-state index contributed by atoms with van der Waals surface area (Å²) >= 11 is 0. The highest BCUT2D eigenvalue weighted by atomic mass is 32.2. The van der Waals surface area contributed by atoms with Crippen molar-refractivity contribution >= 4 is 32.6 Å². The van der Waals surface area contributed by atoms with Crippen molar-refractivity contribution in [3.63, 3.8) is 0 Å². The first-order valence-electron chi connectivity index (χ1n) is 10.6. The average Bonchev–Trinajstić information content (AvgIpc) is 3.14. The molecule has 0 radical (unpaired) electrons. The van der Waals surface area contributed by atoms with Crippen LogP contribution in [0.4, 0.5) is 20.4 Å². The number of benzene rings is 2. The number of aromatic nitrogens is 4. The van der Waals surface area contributed by atoms with E-state index in [1.54, 1.807) is 31.2 Å². The van der Waals surface area contributed by atoms with Gasteiger partial charge < -0.3 is 16.2 Å². The van der Waals surface area contributed by atoms with Gasteiger partial charge in [0, 0.05) is 28.6 Å². The van der Waals surface area contributed by atoms with Crippen LogP contribution in [0.2, 0.25) is 0 Å². The van der Waals surface area contributed by atoms with Crippen LogP contribution in [0.15, 0.2) is 36.4 Å². The first kappa shape index (κ1) is 24.3. The molecular formula is C22H23F2N7O3S. The first-order chi connectivity index (χ1) is 16.6. The van der Waals surface area contributed by atoms with Crippen LogP contribution in [0.5, 0.6) is 5.75 Å². The van der Waals surface area contributed by atoms with Crippen molar-refractivity contribution in [2.75, 3.05) is 23.8 Å². The van der Waals surface area contributed by atoms with E-state index in [4.69, 9.17) is 21.3 Å². The molecule has 0 unspecified atom stereocenters. The number of rotatable bonds is 8. The zero-order chi connectivity index (χ0) is 25.3. The maximum atomic E-state index is 14.7. The van der Waals surface area contributed by atoms with E-state index in [1.165, 1.54) is 4.68 Å². The largest absolute Gasteiger partial charge is 0.494 e. The van der Waals surface area contributed by atoms with Gasteiger partial charge >= 0.3 is 0 Å². The minimum atomic E-state index is -3.74. The van der Waals surface area contributed by atoms with Crippen molar-refractivity contribution < 1.29 is 21.9 Å². The summed E-state index contributed by atoms with van der Waals surface area (Å²) < 4.78 is 58.6. The van der Waals surface area contributed by atoms with Crippen molar-refractivity contribution in [3.05, 3.63) is 59.2 Å². The Balaban J connectivity index is 1.76. The first-order valence-corrected chi connectivity index (χ1v) is 12.3. The van der Waals surface area contributed by atoms with Gasteiger partial charge in [-0.1, -0.05) is 18.2 Å². The van der Waals surface area contributed by atoms with Crippen LogP contribution in [-0.4, -0.2) is 40.5 Å². The van der Waals surface area contributed by atoms with Crippen LogP contribution in [0, 0.1) is 11.6 Å². The average molecular weight is 504 g/mol. The third-order valence-corrected chi connectivity index (χ3v) is 6.08. The molecule has 13 heteroatoms. The second-order valence-corrected chi connectivity index (χ2v) is 9.47. The Labute approximate surface area is 199 Å². The zero-order valence-electron chi connectivity index (χ0n) is 18.7. The van der Waals surface area contributed by atoms with Gasteiger partial charge in [-0.3, -0.25) is 4.68 Å². The molecule has 0 saturated carbocycles.